The number of carbonyl (C=O) groups excluding carboxylic acids is 9. The first-order chi connectivity index (χ1) is 27.1. The molecule has 0 aromatic carbocycles. The van der Waals surface area contributed by atoms with E-state index in [9.17, 15) is 57.8 Å². The molecule has 7 amide bonds. The zero-order valence-corrected chi connectivity index (χ0v) is 33.7. The van der Waals surface area contributed by atoms with Crippen LogP contribution in [-0.4, -0.2) is 136 Å². The largest absolute Gasteiger partial charge is 0.481 e. The Labute approximate surface area is 336 Å². The summed E-state index contributed by atoms with van der Waals surface area (Å²) in [6.07, 6.45) is -0.133. The predicted molar refractivity (Wildman–Crippen MR) is 203 cm³/mol. The van der Waals surface area contributed by atoms with Gasteiger partial charge in [-0.3, -0.25) is 52.7 Å². The van der Waals surface area contributed by atoms with Crippen LogP contribution in [0, 0.1) is 11.8 Å². The van der Waals surface area contributed by atoms with Gasteiger partial charge in [0.05, 0.1) is 6.61 Å². The number of amides is 7. The SMILES string of the molecule is C=CC[C@H](NC(=O)[C@@H]1CCCN1C(=O)[C@@H](NC(=O)[C@@H](NC(=O)[C@H](CCC(=O)O)NC(=O)[C@H](CCC(=O)O)NC(C)=O)C(C)C)C(C)C)C(=O)C(=O)NCC(=O)OCC. The summed E-state index contributed by atoms with van der Waals surface area (Å²) < 4.78 is 4.73. The Bertz CT molecular complexity index is 1570. The van der Waals surface area contributed by atoms with Gasteiger partial charge in [0, 0.05) is 26.3 Å². The lowest BCUT2D eigenvalue weighted by atomic mass is 9.98. The fourth-order valence-electron chi connectivity index (χ4n) is 5.89. The lowest BCUT2D eigenvalue weighted by molar-refractivity contribution is -0.146. The van der Waals surface area contributed by atoms with Crippen LogP contribution < -0.4 is 31.9 Å². The van der Waals surface area contributed by atoms with E-state index in [1.54, 1.807) is 34.6 Å². The van der Waals surface area contributed by atoms with Crippen LogP contribution in [-0.2, 0) is 57.5 Å². The van der Waals surface area contributed by atoms with E-state index in [0.717, 1.165) is 6.92 Å². The topological polar surface area (TPSA) is 313 Å². The first kappa shape index (κ1) is 50.1. The molecular weight excluding hydrogens is 766 g/mol. The smallest absolute Gasteiger partial charge is 0.325 e. The second kappa shape index (κ2) is 24.7. The Hall–Kier alpha value is -5.89. The van der Waals surface area contributed by atoms with Crippen molar-refractivity contribution < 1.29 is 67.7 Å². The zero-order chi connectivity index (χ0) is 44.3. The number of ether oxygens (including phenoxy) is 1. The number of esters is 1. The number of carboxylic acids is 2. The van der Waals surface area contributed by atoms with E-state index in [1.165, 1.54) is 11.0 Å². The van der Waals surface area contributed by atoms with Gasteiger partial charge < -0.3 is 51.8 Å². The Balaban J connectivity index is 3.21. The van der Waals surface area contributed by atoms with Gasteiger partial charge in [-0.25, -0.2) is 0 Å². The van der Waals surface area contributed by atoms with Crippen LogP contribution in [0.4, 0.5) is 0 Å². The molecule has 324 valence electrons. The van der Waals surface area contributed by atoms with Crippen molar-refractivity contribution in [2.75, 3.05) is 19.7 Å². The van der Waals surface area contributed by atoms with E-state index in [0.29, 0.717) is 6.42 Å². The molecular formula is C37H57N7O14. The molecule has 6 atom stereocenters. The average Bonchev–Trinajstić information content (AvgIpc) is 3.64. The number of hydrogen-bond donors (Lipinski definition) is 8. The molecule has 21 heteroatoms. The van der Waals surface area contributed by atoms with Gasteiger partial charge in [0.2, 0.25) is 41.2 Å². The van der Waals surface area contributed by atoms with Gasteiger partial charge in [0.25, 0.3) is 5.91 Å². The summed E-state index contributed by atoms with van der Waals surface area (Å²) in [7, 11) is 0. The highest BCUT2D eigenvalue weighted by molar-refractivity contribution is 6.38. The summed E-state index contributed by atoms with van der Waals surface area (Å²) in [5.74, 6) is -11.5. The monoisotopic (exact) mass is 823 g/mol. The minimum Gasteiger partial charge on any atom is -0.481 e. The molecule has 1 fully saturated rings. The van der Waals surface area contributed by atoms with Gasteiger partial charge in [-0.05, 0) is 50.9 Å². The van der Waals surface area contributed by atoms with Crippen LogP contribution in [0.3, 0.4) is 0 Å². The van der Waals surface area contributed by atoms with Gasteiger partial charge in [-0.2, -0.15) is 0 Å². The van der Waals surface area contributed by atoms with E-state index in [2.05, 4.69) is 38.5 Å². The molecule has 0 unspecified atom stereocenters. The van der Waals surface area contributed by atoms with Crippen LogP contribution in [0.2, 0.25) is 0 Å². The molecule has 0 spiro atoms. The third kappa shape index (κ3) is 16.7. The fourth-order valence-corrected chi connectivity index (χ4v) is 5.89. The first-order valence-corrected chi connectivity index (χ1v) is 19.0. The number of carboxylic acid groups (broad SMARTS) is 2. The average molecular weight is 824 g/mol. The van der Waals surface area contributed by atoms with Crippen molar-refractivity contribution >= 4 is 65.0 Å². The molecule has 0 aliphatic carbocycles. The lowest BCUT2D eigenvalue weighted by Crippen LogP contribution is -2.61. The first-order valence-electron chi connectivity index (χ1n) is 19.0. The van der Waals surface area contributed by atoms with E-state index in [1.807, 2.05) is 0 Å². The van der Waals surface area contributed by atoms with Crippen molar-refractivity contribution in [2.45, 2.75) is 123 Å². The molecule has 0 radical (unpaired) electrons. The summed E-state index contributed by atoms with van der Waals surface area (Å²) in [5, 5.41) is 32.8. The molecule has 1 heterocycles. The van der Waals surface area contributed by atoms with Gasteiger partial charge in [-0.1, -0.05) is 33.8 Å². The van der Waals surface area contributed by atoms with Crippen LogP contribution >= 0.6 is 0 Å². The molecule has 0 aromatic heterocycles. The summed E-state index contributed by atoms with van der Waals surface area (Å²) in [6, 6.07) is -7.93. The highest BCUT2D eigenvalue weighted by Gasteiger charge is 2.41. The van der Waals surface area contributed by atoms with E-state index in [4.69, 9.17) is 9.84 Å². The molecule has 1 aliphatic heterocycles. The highest BCUT2D eigenvalue weighted by atomic mass is 16.5. The molecule has 8 N–H and O–H groups in total. The Morgan fingerprint density at radius 2 is 1.29 bits per heavy atom. The minimum absolute atomic E-state index is 0.0609. The lowest BCUT2D eigenvalue weighted by Gasteiger charge is -2.33. The van der Waals surface area contributed by atoms with Gasteiger partial charge in [-0.15, -0.1) is 6.58 Å². The van der Waals surface area contributed by atoms with Gasteiger partial charge in [0.15, 0.2) is 0 Å². The van der Waals surface area contributed by atoms with Crippen LogP contribution in [0.15, 0.2) is 12.7 Å². The molecule has 21 nitrogen and oxygen atoms in total. The van der Waals surface area contributed by atoms with E-state index in [-0.39, 0.29) is 32.4 Å². The fraction of sp³-hybridized carbons (Fsp3) is 0.649. The van der Waals surface area contributed by atoms with E-state index < -0.39 is 139 Å². The van der Waals surface area contributed by atoms with E-state index >= 15 is 0 Å². The number of rotatable bonds is 25. The van der Waals surface area contributed by atoms with Crippen molar-refractivity contribution in [1.29, 1.82) is 0 Å². The molecule has 0 aromatic rings. The summed E-state index contributed by atoms with van der Waals surface area (Å²) in [5.41, 5.74) is 0. The van der Waals surface area contributed by atoms with Crippen LogP contribution in [0.1, 0.15) is 86.5 Å². The molecule has 1 saturated heterocycles. The summed E-state index contributed by atoms with van der Waals surface area (Å²) >= 11 is 0. The third-order valence-corrected chi connectivity index (χ3v) is 8.89. The number of aliphatic carboxylic acids is 2. The Morgan fingerprint density at radius 1 is 0.759 bits per heavy atom. The van der Waals surface area contributed by atoms with Crippen LogP contribution in [0.25, 0.3) is 0 Å². The number of nitrogens with one attached hydrogen (secondary N) is 6. The highest BCUT2D eigenvalue weighted by Crippen LogP contribution is 2.21. The summed E-state index contributed by atoms with van der Waals surface area (Å²) in [6.45, 7) is 12.3. The van der Waals surface area contributed by atoms with Gasteiger partial charge >= 0.3 is 17.9 Å². The molecule has 1 aliphatic rings. The Morgan fingerprint density at radius 3 is 1.79 bits per heavy atom. The molecule has 1 rings (SSSR count). The normalized spacial score (nSPS) is 16.1. The number of ketones is 1. The summed E-state index contributed by atoms with van der Waals surface area (Å²) in [4.78, 5) is 140. The van der Waals surface area contributed by atoms with Crippen molar-refractivity contribution in [3.8, 4) is 0 Å². The maximum Gasteiger partial charge on any atom is 0.325 e. The number of Topliss-reactive ketones (excluding diaryl/α,β-unsaturated/α-hetero) is 1. The second-order valence-corrected chi connectivity index (χ2v) is 14.3. The predicted octanol–water partition coefficient (Wildman–Crippen LogP) is -1.71. The second-order valence-electron chi connectivity index (χ2n) is 14.3. The number of carbonyl (C=O) groups is 11. The molecule has 58 heavy (non-hydrogen) atoms. The van der Waals surface area contributed by atoms with Crippen molar-refractivity contribution in [2.24, 2.45) is 11.8 Å². The van der Waals surface area contributed by atoms with Crippen molar-refractivity contribution in [3.05, 3.63) is 12.7 Å². The van der Waals surface area contributed by atoms with Crippen molar-refractivity contribution in [1.82, 2.24) is 36.8 Å². The number of nitrogens with zero attached hydrogens (tertiary/aromatic N) is 1. The quantitative estimate of drug-likeness (QED) is 0.0289. The maximum absolute atomic E-state index is 14.0. The van der Waals surface area contributed by atoms with Crippen LogP contribution in [0.5, 0.6) is 0 Å². The van der Waals surface area contributed by atoms with Crippen molar-refractivity contribution in [3.63, 3.8) is 0 Å². The minimum atomic E-state index is -1.54. The molecule has 0 bridgehead atoms. The zero-order valence-electron chi connectivity index (χ0n) is 33.7. The molecule has 0 saturated carbocycles. The number of hydrogen-bond acceptors (Lipinski definition) is 12. The van der Waals surface area contributed by atoms with Gasteiger partial charge in [0.1, 0.15) is 42.8 Å². The standard InChI is InChI=1S/C37H57N7O14/c1-8-11-22(31(51)36(56)38-18-28(50)58-9-2)40-34(54)25-12-10-17-44(25)37(57)30(20(5)6)43-35(55)29(19(3)4)42-33(53)24(14-16-27(48)49)41-32(52)23(39-21(7)45)13-15-26(46)47/h8,19-20,22-25,29-30H,1,9-18H2,2-7H3,(H,38,56)(H,39,45)(H,40,54)(H,41,52)(H,42,53)(H,43,55)(H,46,47)(H,48,49)/t22-,23-,24-,25-,29-,30-/m0/s1. The maximum atomic E-state index is 14.0. The third-order valence-electron chi connectivity index (χ3n) is 8.89. The Kier molecular flexibility index (Phi) is 21.3. The number of likely N-dealkylation sites (tertiary alicyclic amines) is 1.